The lowest BCUT2D eigenvalue weighted by Gasteiger charge is -2.54. The van der Waals surface area contributed by atoms with Crippen LogP contribution in [-0.4, -0.2) is 49.4 Å². The maximum absolute atomic E-state index is 13.3. The van der Waals surface area contributed by atoms with E-state index in [4.69, 9.17) is 18.9 Å². The molecule has 6 unspecified atom stereocenters. The number of carbonyl (C=O) groups is 3. The zero-order valence-electron chi connectivity index (χ0n) is 21.7. The Labute approximate surface area is 193 Å². The summed E-state index contributed by atoms with van der Waals surface area (Å²) in [6, 6.07) is 0. The van der Waals surface area contributed by atoms with E-state index in [0.717, 1.165) is 6.42 Å². The quantitative estimate of drug-likeness (QED) is 0.314. The largest absolute Gasteiger partial charge is 0.462 e. The van der Waals surface area contributed by atoms with E-state index < -0.39 is 53.3 Å². The minimum absolute atomic E-state index is 0.248. The summed E-state index contributed by atoms with van der Waals surface area (Å²) in [5.41, 5.74) is -1.09. The average Bonchev–Trinajstić information content (AvgIpc) is 2.66. The molecule has 0 heterocycles. The van der Waals surface area contributed by atoms with Gasteiger partial charge >= 0.3 is 17.9 Å². The summed E-state index contributed by atoms with van der Waals surface area (Å²) in [6.45, 7) is 17.3. The Morgan fingerprint density at radius 1 is 0.781 bits per heavy atom. The molecule has 1 saturated carbocycles. The van der Waals surface area contributed by atoms with Crippen LogP contribution in [0.2, 0.25) is 0 Å². The van der Waals surface area contributed by atoms with Crippen LogP contribution < -0.4 is 0 Å². The number of methoxy groups -OCH3 is 1. The van der Waals surface area contributed by atoms with Crippen molar-refractivity contribution < 1.29 is 33.3 Å². The van der Waals surface area contributed by atoms with Crippen molar-refractivity contribution >= 4 is 17.9 Å². The molecule has 0 aliphatic heterocycles. The van der Waals surface area contributed by atoms with Gasteiger partial charge in [-0.1, -0.05) is 41.0 Å². The minimum atomic E-state index is -0.935. The van der Waals surface area contributed by atoms with Crippen LogP contribution in [-0.2, 0) is 33.3 Å². The van der Waals surface area contributed by atoms with Crippen LogP contribution in [0, 0.1) is 29.1 Å². The number of ether oxygens (including phenoxy) is 4. The molecule has 7 heteroatoms. The molecule has 7 nitrogen and oxygen atoms in total. The Bertz CT molecular complexity index is 655. The van der Waals surface area contributed by atoms with Crippen LogP contribution in [0.1, 0.15) is 81.6 Å². The van der Waals surface area contributed by atoms with Crippen LogP contribution in [0.3, 0.4) is 0 Å². The summed E-state index contributed by atoms with van der Waals surface area (Å²) in [6.07, 6.45) is 1.26. The van der Waals surface area contributed by atoms with E-state index in [0.29, 0.717) is 12.8 Å². The van der Waals surface area contributed by atoms with Gasteiger partial charge in [0, 0.05) is 7.11 Å². The van der Waals surface area contributed by atoms with E-state index in [2.05, 4.69) is 0 Å². The number of hydrogen-bond donors (Lipinski definition) is 0. The molecule has 1 rings (SSSR count). The lowest BCUT2D eigenvalue weighted by Crippen LogP contribution is -2.63. The monoisotopic (exact) mass is 456 g/mol. The van der Waals surface area contributed by atoms with Crippen molar-refractivity contribution in [1.29, 1.82) is 0 Å². The predicted molar refractivity (Wildman–Crippen MR) is 122 cm³/mol. The first-order valence-corrected chi connectivity index (χ1v) is 11.9. The first-order valence-electron chi connectivity index (χ1n) is 11.9. The van der Waals surface area contributed by atoms with Crippen LogP contribution in [0.25, 0.3) is 0 Å². The maximum Gasteiger partial charge on any atom is 0.311 e. The molecule has 6 atom stereocenters. The van der Waals surface area contributed by atoms with Crippen LogP contribution in [0.4, 0.5) is 0 Å². The molecular formula is C25H44O7. The van der Waals surface area contributed by atoms with Crippen molar-refractivity contribution in [2.45, 2.75) is 99.4 Å². The van der Waals surface area contributed by atoms with Gasteiger partial charge in [-0.25, -0.2) is 0 Å². The second kappa shape index (κ2) is 11.5. The van der Waals surface area contributed by atoms with E-state index in [9.17, 15) is 14.4 Å². The number of esters is 3. The van der Waals surface area contributed by atoms with E-state index in [-0.39, 0.29) is 18.1 Å². The van der Waals surface area contributed by atoms with Crippen molar-refractivity contribution in [1.82, 2.24) is 0 Å². The third-order valence-corrected chi connectivity index (χ3v) is 7.02. The molecule has 0 bridgehead atoms. The average molecular weight is 457 g/mol. The van der Waals surface area contributed by atoms with Crippen molar-refractivity contribution in [3.63, 3.8) is 0 Å². The van der Waals surface area contributed by atoms with Gasteiger partial charge in [-0.15, -0.1) is 0 Å². The zero-order chi connectivity index (χ0) is 24.9. The lowest BCUT2D eigenvalue weighted by atomic mass is 9.48. The molecule has 0 aromatic rings. The summed E-state index contributed by atoms with van der Waals surface area (Å²) in [5, 5.41) is 0. The van der Waals surface area contributed by atoms with Crippen molar-refractivity contribution in [3.05, 3.63) is 0 Å². The fourth-order valence-electron chi connectivity index (χ4n) is 4.15. The topological polar surface area (TPSA) is 88.1 Å². The Morgan fingerprint density at radius 3 is 1.69 bits per heavy atom. The fraction of sp³-hybridized carbons (Fsp3) is 0.880. The third kappa shape index (κ3) is 6.69. The molecule has 0 amide bonds. The molecule has 186 valence electrons. The van der Waals surface area contributed by atoms with E-state index in [1.54, 1.807) is 6.92 Å². The first-order chi connectivity index (χ1) is 14.8. The second-order valence-corrected chi connectivity index (χ2v) is 10.3. The second-order valence-electron chi connectivity index (χ2n) is 10.3. The molecule has 0 radical (unpaired) electrons. The van der Waals surface area contributed by atoms with E-state index >= 15 is 0 Å². The highest BCUT2D eigenvalue weighted by atomic mass is 16.6. The van der Waals surface area contributed by atoms with Gasteiger partial charge in [-0.3, -0.25) is 14.4 Å². The molecule has 0 N–H and O–H groups in total. The smallest absolute Gasteiger partial charge is 0.311 e. The Hall–Kier alpha value is -1.63. The zero-order valence-corrected chi connectivity index (χ0v) is 21.7. The van der Waals surface area contributed by atoms with Gasteiger partial charge in [0.15, 0.2) is 0 Å². The van der Waals surface area contributed by atoms with Gasteiger partial charge in [0.25, 0.3) is 0 Å². The van der Waals surface area contributed by atoms with Crippen LogP contribution >= 0.6 is 0 Å². The standard InChI is InChI=1S/C25H44O7/c1-11-15(4)30-21(26)18-17(23(28)32-25(8,9)13-3)19(20(18)24(6,7)12-2)22(27)31-16(5)14-29-10/h15-20H,11-14H2,1-10H3. The van der Waals surface area contributed by atoms with Crippen LogP contribution in [0.5, 0.6) is 0 Å². The van der Waals surface area contributed by atoms with Gasteiger partial charge in [-0.05, 0) is 51.9 Å². The Balaban J connectivity index is 3.38. The highest BCUT2D eigenvalue weighted by Gasteiger charge is 2.66. The Kier molecular flexibility index (Phi) is 10.2. The molecule has 32 heavy (non-hydrogen) atoms. The minimum Gasteiger partial charge on any atom is -0.462 e. The summed E-state index contributed by atoms with van der Waals surface area (Å²) < 4.78 is 22.1. The molecule has 0 saturated heterocycles. The number of carbonyl (C=O) groups excluding carboxylic acids is 3. The van der Waals surface area contributed by atoms with Gasteiger partial charge in [0.1, 0.15) is 11.7 Å². The van der Waals surface area contributed by atoms with Crippen molar-refractivity contribution in [3.8, 4) is 0 Å². The summed E-state index contributed by atoms with van der Waals surface area (Å²) >= 11 is 0. The number of hydrogen-bond acceptors (Lipinski definition) is 7. The highest BCUT2D eigenvalue weighted by Crippen LogP contribution is 2.57. The van der Waals surface area contributed by atoms with Gasteiger partial charge < -0.3 is 18.9 Å². The number of rotatable bonds is 12. The summed E-state index contributed by atoms with van der Waals surface area (Å²) in [5.74, 6) is -4.36. The molecule has 1 aliphatic rings. The van der Waals surface area contributed by atoms with E-state index in [1.807, 2.05) is 55.4 Å². The maximum atomic E-state index is 13.3. The highest BCUT2D eigenvalue weighted by molar-refractivity contribution is 5.92. The summed E-state index contributed by atoms with van der Waals surface area (Å²) in [4.78, 5) is 39.7. The molecular weight excluding hydrogens is 412 g/mol. The molecule has 0 aromatic heterocycles. The van der Waals surface area contributed by atoms with Crippen molar-refractivity contribution in [2.24, 2.45) is 29.1 Å². The van der Waals surface area contributed by atoms with Gasteiger partial charge in [-0.2, -0.15) is 0 Å². The van der Waals surface area contributed by atoms with E-state index in [1.165, 1.54) is 7.11 Å². The SMILES string of the molecule is CCC(C)OC(=O)C1C(C(=O)OC(C)(C)CC)C(C(=O)OC(C)COC)C1C(C)(C)CC. The third-order valence-electron chi connectivity index (χ3n) is 7.02. The van der Waals surface area contributed by atoms with Gasteiger partial charge in [0.05, 0.1) is 30.5 Å². The summed E-state index contributed by atoms with van der Waals surface area (Å²) in [7, 11) is 1.53. The molecule has 0 aromatic carbocycles. The first kappa shape index (κ1) is 28.4. The van der Waals surface area contributed by atoms with Crippen molar-refractivity contribution in [2.75, 3.05) is 13.7 Å². The molecule has 1 aliphatic carbocycles. The molecule has 0 spiro atoms. The lowest BCUT2D eigenvalue weighted by molar-refractivity contribution is -0.211. The predicted octanol–water partition coefficient (Wildman–Crippen LogP) is 4.55. The normalized spacial score (nSPS) is 25.3. The Morgan fingerprint density at radius 2 is 1.28 bits per heavy atom. The van der Waals surface area contributed by atoms with Crippen LogP contribution in [0.15, 0.2) is 0 Å². The van der Waals surface area contributed by atoms with Gasteiger partial charge in [0.2, 0.25) is 0 Å². The fourth-order valence-corrected chi connectivity index (χ4v) is 4.15. The molecule has 1 fully saturated rings.